The summed E-state index contributed by atoms with van der Waals surface area (Å²) >= 11 is 0. The third-order valence-electron chi connectivity index (χ3n) is 2.34. The van der Waals surface area contributed by atoms with Crippen molar-refractivity contribution in [2.75, 3.05) is 25.4 Å². The predicted octanol–water partition coefficient (Wildman–Crippen LogP) is 0.410. The van der Waals surface area contributed by atoms with Gasteiger partial charge in [-0.05, 0) is 33.7 Å². The van der Waals surface area contributed by atoms with Crippen molar-refractivity contribution in [3.63, 3.8) is 0 Å². The molecule has 14 heavy (non-hydrogen) atoms. The van der Waals surface area contributed by atoms with Crippen LogP contribution < -0.4 is 5.32 Å². The molecule has 0 unspecified atom stereocenters. The molecule has 4 nitrogen and oxygen atoms in total. The van der Waals surface area contributed by atoms with Crippen LogP contribution in [-0.4, -0.2) is 43.6 Å². The summed E-state index contributed by atoms with van der Waals surface area (Å²) in [5, 5.41) is 3.11. The Hall–Kier alpha value is -0.130. The minimum absolute atomic E-state index is 0.213. The van der Waals surface area contributed by atoms with Crippen LogP contribution in [0.15, 0.2) is 0 Å². The van der Waals surface area contributed by atoms with E-state index < -0.39 is 10.0 Å². The van der Waals surface area contributed by atoms with Gasteiger partial charge in [0.25, 0.3) is 0 Å². The molecule has 1 fully saturated rings. The molecular weight excluding hydrogens is 200 g/mol. The van der Waals surface area contributed by atoms with Crippen molar-refractivity contribution >= 4 is 10.0 Å². The first-order valence-corrected chi connectivity index (χ1v) is 6.66. The molecule has 0 aliphatic carbocycles. The first kappa shape index (κ1) is 11.9. The number of nitrogens with one attached hydrogen (secondary N) is 1. The quantitative estimate of drug-likeness (QED) is 0.643. The Balaban J connectivity index is 2.87. The Morgan fingerprint density at radius 3 is 2.43 bits per heavy atom. The van der Waals surface area contributed by atoms with E-state index in [1.165, 1.54) is 0 Å². The van der Waals surface area contributed by atoms with Crippen molar-refractivity contribution in [3.8, 4) is 0 Å². The molecule has 1 rings (SSSR count). The van der Waals surface area contributed by atoms with E-state index in [2.05, 4.69) is 5.32 Å². The summed E-state index contributed by atoms with van der Waals surface area (Å²) < 4.78 is 25.4. The van der Waals surface area contributed by atoms with E-state index in [1.807, 2.05) is 20.8 Å². The smallest absolute Gasteiger partial charge is 0.215 e. The maximum absolute atomic E-state index is 11.9. The number of rotatable bonds is 0. The van der Waals surface area contributed by atoms with Gasteiger partial charge in [-0.25, -0.2) is 8.42 Å². The lowest BCUT2D eigenvalue weighted by atomic mass is 10.1. The van der Waals surface area contributed by atoms with Gasteiger partial charge in [0.2, 0.25) is 10.0 Å². The predicted molar refractivity (Wildman–Crippen MR) is 57.7 cm³/mol. The highest BCUT2D eigenvalue weighted by Gasteiger charge is 2.32. The zero-order valence-electron chi connectivity index (χ0n) is 9.21. The molecule has 0 spiro atoms. The van der Waals surface area contributed by atoms with Gasteiger partial charge in [-0.3, -0.25) is 0 Å². The Morgan fingerprint density at radius 2 is 1.86 bits per heavy atom. The van der Waals surface area contributed by atoms with Crippen LogP contribution in [0.3, 0.4) is 0 Å². The van der Waals surface area contributed by atoms with Crippen LogP contribution in [-0.2, 0) is 10.0 Å². The van der Waals surface area contributed by atoms with Crippen molar-refractivity contribution in [2.45, 2.75) is 32.7 Å². The molecule has 0 aromatic rings. The van der Waals surface area contributed by atoms with Gasteiger partial charge >= 0.3 is 0 Å². The average molecular weight is 220 g/mol. The standard InChI is InChI=1S/C9H20N2O2S/c1-9(2,3)11-7-4-5-10-6-8-14(11,12)13/h10H,4-8H2,1-3H3. The zero-order valence-corrected chi connectivity index (χ0v) is 10.0. The second-order valence-electron chi connectivity index (χ2n) is 4.66. The van der Waals surface area contributed by atoms with E-state index >= 15 is 0 Å². The molecular formula is C9H20N2O2S. The molecule has 0 aromatic heterocycles. The third-order valence-corrected chi connectivity index (χ3v) is 4.46. The number of hydrogen-bond donors (Lipinski definition) is 1. The SMILES string of the molecule is CC(C)(C)N1CCCNCCS1(=O)=O. The van der Waals surface area contributed by atoms with Crippen molar-refractivity contribution < 1.29 is 8.42 Å². The summed E-state index contributed by atoms with van der Waals surface area (Å²) in [6.07, 6.45) is 0.885. The number of hydrogen-bond acceptors (Lipinski definition) is 3. The minimum Gasteiger partial charge on any atom is -0.316 e. The van der Waals surface area contributed by atoms with Gasteiger partial charge in [-0.1, -0.05) is 0 Å². The monoisotopic (exact) mass is 220 g/mol. The lowest BCUT2D eigenvalue weighted by Gasteiger charge is -2.35. The van der Waals surface area contributed by atoms with E-state index in [9.17, 15) is 8.42 Å². The molecule has 0 amide bonds. The van der Waals surface area contributed by atoms with Crippen LogP contribution in [0.1, 0.15) is 27.2 Å². The Bertz CT molecular complexity index is 280. The second kappa shape index (κ2) is 4.16. The first-order chi connectivity index (χ1) is 6.34. The number of nitrogens with zero attached hydrogens (tertiary/aromatic N) is 1. The van der Waals surface area contributed by atoms with Gasteiger partial charge in [0.15, 0.2) is 0 Å². The van der Waals surface area contributed by atoms with E-state index in [-0.39, 0.29) is 11.3 Å². The summed E-state index contributed by atoms with van der Waals surface area (Å²) in [6, 6.07) is 0. The topological polar surface area (TPSA) is 49.4 Å². The highest BCUT2D eigenvalue weighted by atomic mass is 32.2. The molecule has 0 saturated carbocycles. The fraction of sp³-hybridized carbons (Fsp3) is 1.00. The second-order valence-corrected chi connectivity index (χ2v) is 6.68. The molecule has 1 N–H and O–H groups in total. The largest absolute Gasteiger partial charge is 0.316 e. The van der Waals surface area contributed by atoms with Crippen molar-refractivity contribution in [1.29, 1.82) is 0 Å². The molecule has 1 saturated heterocycles. The van der Waals surface area contributed by atoms with E-state index in [0.29, 0.717) is 13.1 Å². The average Bonchev–Trinajstić information content (AvgIpc) is 1.95. The normalized spacial score (nSPS) is 25.4. The summed E-state index contributed by atoms with van der Waals surface area (Å²) in [5.74, 6) is 0.213. The summed E-state index contributed by atoms with van der Waals surface area (Å²) in [4.78, 5) is 0. The Morgan fingerprint density at radius 1 is 1.21 bits per heavy atom. The van der Waals surface area contributed by atoms with Crippen LogP contribution in [0.4, 0.5) is 0 Å². The maximum Gasteiger partial charge on any atom is 0.215 e. The fourth-order valence-corrected chi connectivity index (χ4v) is 3.54. The van der Waals surface area contributed by atoms with E-state index in [0.717, 1.165) is 13.0 Å². The van der Waals surface area contributed by atoms with Crippen LogP contribution in [0.5, 0.6) is 0 Å². The van der Waals surface area contributed by atoms with Crippen LogP contribution in [0.2, 0.25) is 0 Å². The molecule has 1 aliphatic heterocycles. The molecule has 0 bridgehead atoms. The Kier molecular flexibility index (Phi) is 3.55. The molecule has 84 valence electrons. The summed E-state index contributed by atoms with van der Waals surface area (Å²) in [7, 11) is -3.07. The molecule has 1 aliphatic rings. The highest BCUT2D eigenvalue weighted by Crippen LogP contribution is 2.19. The zero-order chi connectivity index (χ0) is 10.8. The fourth-order valence-electron chi connectivity index (χ4n) is 1.68. The van der Waals surface area contributed by atoms with Gasteiger partial charge in [0.05, 0.1) is 5.75 Å². The van der Waals surface area contributed by atoms with Crippen LogP contribution >= 0.6 is 0 Å². The van der Waals surface area contributed by atoms with Gasteiger partial charge in [0.1, 0.15) is 0 Å². The minimum atomic E-state index is -3.07. The van der Waals surface area contributed by atoms with Crippen LogP contribution in [0, 0.1) is 0 Å². The Labute approximate surface area is 86.7 Å². The van der Waals surface area contributed by atoms with Gasteiger partial charge in [-0.2, -0.15) is 4.31 Å². The molecule has 5 heteroatoms. The van der Waals surface area contributed by atoms with Gasteiger partial charge in [-0.15, -0.1) is 0 Å². The lowest BCUT2D eigenvalue weighted by molar-refractivity contribution is 0.243. The van der Waals surface area contributed by atoms with Crippen molar-refractivity contribution in [3.05, 3.63) is 0 Å². The molecule has 0 atom stereocenters. The highest BCUT2D eigenvalue weighted by molar-refractivity contribution is 7.89. The van der Waals surface area contributed by atoms with Gasteiger partial charge < -0.3 is 5.32 Å². The summed E-state index contributed by atoms with van der Waals surface area (Å²) in [5.41, 5.74) is -0.295. The lowest BCUT2D eigenvalue weighted by Crippen LogP contribution is -2.50. The van der Waals surface area contributed by atoms with E-state index in [4.69, 9.17) is 0 Å². The third kappa shape index (κ3) is 2.93. The molecule has 0 radical (unpaired) electrons. The molecule has 1 heterocycles. The molecule has 0 aromatic carbocycles. The van der Waals surface area contributed by atoms with Crippen molar-refractivity contribution in [2.24, 2.45) is 0 Å². The first-order valence-electron chi connectivity index (χ1n) is 5.05. The van der Waals surface area contributed by atoms with E-state index in [1.54, 1.807) is 4.31 Å². The maximum atomic E-state index is 11.9. The number of sulfonamides is 1. The summed E-state index contributed by atoms with van der Waals surface area (Å²) in [6.45, 7) is 7.93. The van der Waals surface area contributed by atoms with Crippen molar-refractivity contribution in [1.82, 2.24) is 9.62 Å². The van der Waals surface area contributed by atoms with Crippen LogP contribution in [0.25, 0.3) is 0 Å². The van der Waals surface area contributed by atoms with Gasteiger partial charge in [0, 0.05) is 18.6 Å².